The van der Waals surface area contributed by atoms with Crippen LogP contribution in [0.4, 0.5) is 0 Å². The molecule has 1 N–H and O–H groups in total. The zero-order valence-electron chi connectivity index (χ0n) is 19.9. The van der Waals surface area contributed by atoms with Gasteiger partial charge in [-0.15, -0.1) is 0 Å². The van der Waals surface area contributed by atoms with Gasteiger partial charge < -0.3 is 5.21 Å². The molecule has 4 aliphatic carbocycles. The van der Waals surface area contributed by atoms with E-state index in [0.717, 1.165) is 60.0 Å². The van der Waals surface area contributed by atoms with E-state index in [0.29, 0.717) is 10.8 Å². The lowest BCUT2D eigenvalue weighted by atomic mass is 9.44. The van der Waals surface area contributed by atoms with E-state index in [2.05, 4.69) is 39.8 Å². The minimum atomic E-state index is 0.499. The van der Waals surface area contributed by atoms with Crippen molar-refractivity contribution in [3.05, 3.63) is 0 Å². The van der Waals surface area contributed by atoms with Crippen molar-refractivity contribution in [3.63, 3.8) is 0 Å². The highest BCUT2D eigenvalue weighted by atomic mass is 16.4. The molecule has 0 saturated heterocycles. The first-order valence-electron chi connectivity index (χ1n) is 13.0. The first-order valence-corrected chi connectivity index (χ1v) is 13.0. The van der Waals surface area contributed by atoms with E-state index in [1.807, 2.05) is 0 Å². The summed E-state index contributed by atoms with van der Waals surface area (Å²) in [5.74, 6) is 6.36. The smallest absolute Gasteiger partial charge is 0.0574 e. The van der Waals surface area contributed by atoms with Crippen LogP contribution in [-0.4, -0.2) is 10.9 Å². The van der Waals surface area contributed by atoms with Crippen LogP contribution in [0.15, 0.2) is 5.16 Å². The van der Waals surface area contributed by atoms with Gasteiger partial charge in [0, 0.05) is 0 Å². The van der Waals surface area contributed by atoms with E-state index in [1.165, 1.54) is 64.2 Å². The molecule has 2 nitrogen and oxygen atoms in total. The van der Waals surface area contributed by atoms with Crippen molar-refractivity contribution in [1.82, 2.24) is 0 Å². The summed E-state index contributed by atoms with van der Waals surface area (Å²) in [6.45, 7) is 12.6. The molecule has 0 aromatic heterocycles. The minimum Gasteiger partial charge on any atom is -0.411 e. The molecule has 8 atom stereocenters. The summed E-state index contributed by atoms with van der Waals surface area (Å²) in [6, 6.07) is 0. The first kappa shape index (κ1) is 21.7. The van der Waals surface area contributed by atoms with Crippen molar-refractivity contribution < 1.29 is 5.21 Å². The van der Waals surface area contributed by atoms with Crippen molar-refractivity contribution in [3.8, 4) is 0 Å². The number of hydrogen-bond donors (Lipinski definition) is 1. The molecule has 4 aliphatic rings. The molecular formula is C27H47NO. The highest BCUT2D eigenvalue weighted by Crippen LogP contribution is 2.68. The monoisotopic (exact) mass is 401 g/mol. The summed E-state index contributed by atoms with van der Waals surface area (Å²) in [4.78, 5) is 0. The Hall–Kier alpha value is -0.530. The molecule has 0 aromatic rings. The van der Waals surface area contributed by atoms with Gasteiger partial charge in [-0.05, 0) is 110 Å². The van der Waals surface area contributed by atoms with Gasteiger partial charge in [0.05, 0.1) is 5.71 Å². The topological polar surface area (TPSA) is 32.6 Å². The molecule has 4 fully saturated rings. The normalized spacial score (nSPS) is 47.0. The largest absolute Gasteiger partial charge is 0.411 e. The van der Waals surface area contributed by atoms with Crippen LogP contribution in [0.25, 0.3) is 0 Å². The maximum Gasteiger partial charge on any atom is 0.0574 e. The lowest BCUT2D eigenvalue weighted by Gasteiger charge is -2.60. The molecule has 0 heterocycles. The highest BCUT2D eigenvalue weighted by Gasteiger charge is 2.60. The standard InChI is InChI=1S/C27H47NO/c1-18(2)7-6-8-19(3)23-11-12-24-22-10-9-20-17-21(28-29)13-15-26(20,4)25(22)14-16-27(23,24)5/h18-20,22-25,29H,6-17H2,1-5H3/b28-21+/t19-,20-,22+,23-,24+,25+,26+,27-/m1/s1. The van der Waals surface area contributed by atoms with Gasteiger partial charge in [-0.1, -0.05) is 59.0 Å². The van der Waals surface area contributed by atoms with Crippen molar-refractivity contribution in [2.45, 2.75) is 112 Å². The van der Waals surface area contributed by atoms with Gasteiger partial charge in [0.2, 0.25) is 0 Å². The molecule has 166 valence electrons. The third-order valence-electron chi connectivity index (χ3n) is 10.8. The van der Waals surface area contributed by atoms with Crippen LogP contribution >= 0.6 is 0 Å². The van der Waals surface area contributed by atoms with E-state index in [-0.39, 0.29) is 0 Å². The second-order valence-electron chi connectivity index (χ2n) is 12.6. The van der Waals surface area contributed by atoms with Crippen LogP contribution < -0.4 is 0 Å². The number of rotatable bonds is 5. The predicted molar refractivity (Wildman–Crippen MR) is 122 cm³/mol. The van der Waals surface area contributed by atoms with E-state index < -0.39 is 0 Å². The van der Waals surface area contributed by atoms with Gasteiger partial charge in [0.25, 0.3) is 0 Å². The molecule has 0 radical (unpaired) electrons. The van der Waals surface area contributed by atoms with E-state index in [9.17, 15) is 5.21 Å². The summed E-state index contributed by atoms with van der Waals surface area (Å²) >= 11 is 0. The van der Waals surface area contributed by atoms with Crippen molar-refractivity contribution in [2.24, 2.45) is 57.4 Å². The van der Waals surface area contributed by atoms with Gasteiger partial charge in [0.1, 0.15) is 0 Å². The molecule has 4 rings (SSSR count). The zero-order chi connectivity index (χ0) is 20.8. The lowest BCUT2D eigenvalue weighted by molar-refractivity contribution is -0.105. The molecule has 0 amide bonds. The first-order chi connectivity index (χ1) is 13.8. The van der Waals surface area contributed by atoms with Crippen LogP contribution in [0.3, 0.4) is 0 Å². The fourth-order valence-corrected chi connectivity index (χ4v) is 9.18. The Balaban J connectivity index is 1.46. The van der Waals surface area contributed by atoms with Crippen LogP contribution in [0, 0.1) is 52.3 Å². The molecule has 0 aromatic carbocycles. The van der Waals surface area contributed by atoms with Gasteiger partial charge >= 0.3 is 0 Å². The van der Waals surface area contributed by atoms with Crippen LogP contribution in [0.5, 0.6) is 0 Å². The van der Waals surface area contributed by atoms with Crippen molar-refractivity contribution in [1.29, 1.82) is 0 Å². The number of oxime groups is 1. The fraction of sp³-hybridized carbons (Fsp3) is 0.963. The second kappa shape index (κ2) is 8.19. The highest BCUT2D eigenvalue weighted by molar-refractivity contribution is 5.85. The maximum atomic E-state index is 9.32. The Morgan fingerprint density at radius 3 is 2.41 bits per heavy atom. The van der Waals surface area contributed by atoms with E-state index in [1.54, 1.807) is 0 Å². The molecular weight excluding hydrogens is 354 g/mol. The molecule has 29 heavy (non-hydrogen) atoms. The quantitative estimate of drug-likeness (QED) is 0.368. The van der Waals surface area contributed by atoms with Gasteiger partial charge in [-0.3, -0.25) is 0 Å². The number of hydrogen-bond acceptors (Lipinski definition) is 2. The Morgan fingerprint density at radius 2 is 1.69 bits per heavy atom. The Kier molecular flexibility index (Phi) is 6.13. The summed E-state index contributed by atoms with van der Waals surface area (Å²) in [5, 5.41) is 12.9. The zero-order valence-corrected chi connectivity index (χ0v) is 19.9. The summed E-state index contributed by atoms with van der Waals surface area (Å²) in [6.07, 6.45) is 16.4. The van der Waals surface area contributed by atoms with Gasteiger partial charge in [-0.2, -0.15) is 0 Å². The number of fused-ring (bicyclic) bond motifs is 5. The Morgan fingerprint density at radius 1 is 0.931 bits per heavy atom. The molecule has 0 unspecified atom stereocenters. The maximum absolute atomic E-state index is 9.32. The second-order valence-corrected chi connectivity index (χ2v) is 12.6. The van der Waals surface area contributed by atoms with Crippen molar-refractivity contribution in [2.75, 3.05) is 0 Å². The van der Waals surface area contributed by atoms with Crippen LogP contribution in [-0.2, 0) is 0 Å². The third kappa shape index (κ3) is 3.69. The molecule has 4 saturated carbocycles. The molecule has 0 aliphatic heterocycles. The molecule has 0 spiro atoms. The SMILES string of the molecule is CC(C)CCC[C@@H](C)[C@H]1CC[C@H]2[C@@H]3CC[C@@H]4C/C(=N/O)CC[C@]4(C)[C@H]3CC[C@]12C. The van der Waals surface area contributed by atoms with Crippen LogP contribution in [0.2, 0.25) is 0 Å². The summed E-state index contributed by atoms with van der Waals surface area (Å²) < 4.78 is 0. The van der Waals surface area contributed by atoms with E-state index >= 15 is 0 Å². The predicted octanol–water partition coefficient (Wildman–Crippen LogP) is 7.94. The average molecular weight is 402 g/mol. The lowest BCUT2D eigenvalue weighted by Crippen LogP contribution is -2.53. The number of nitrogens with zero attached hydrogens (tertiary/aromatic N) is 1. The third-order valence-corrected chi connectivity index (χ3v) is 10.8. The van der Waals surface area contributed by atoms with Crippen molar-refractivity contribution >= 4 is 5.71 Å². The molecule has 2 heteroatoms. The Labute approximate surface area is 180 Å². The van der Waals surface area contributed by atoms with Gasteiger partial charge in [0.15, 0.2) is 0 Å². The Bertz CT molecular complexity index is 612. The average Bonchev–Trinajstić information content (AvgIpc) is 3.04. The molecule has 0 bridgehead atoms. The fourth-order valence-electron chi connectivity index (χ4n) is 9.18. The van der Waals surface area contributed by atoms with Crippen LogP contribution in [0.1, 0.15) is 112 Å². The minimum absolute atomic E-state index is 0.499. The summed E-state index contributed by atoms with van der Waals surface area (Å²) in [5.41, 5.74) is 2.18. The van der Waals surface area contributed by atoms with E-state index in [4.69, 9.17) is 0 Å². The summed E-state index contributed by atoms with van der Waals surface area (Å²) in [7, 11) is 0. The van der Waals surface area contributed by atoms with Gasteiger partial charge in [-0.25, -0.2) is 0 Å².